The minimum absolute atomic E-state index is 0.350. The second-order valence-corrected chi connectivity index (χ2v) is 5.32. The molecule has 0 aromatic heterocycles. The van der Waals surface area contributed by atoms with Gasteiger partial charge in [0, 0.05) is 0 Å². The number of hydrogen-bond donors (Lipinski definition) is 0. The summed E-state index contributed by atoms with van der Waals surface area (Å²) in [5.74, 6) is -1.16. The van der Waals surface area contributed by atoms with Gasteiger partial charge in [0.1, 0.15) is 0 Å². The Morgan fingerprint density at radius 2 is 0.913 bits per heavy atom. The number of ether oxygens (including phenoxy) is 1. The molecule has 3 heteroatoms. The van der Waals surface area contributed by atoms with Crippen molar-refractivity contribution in [3.8, 4) is 22.3 Å². The number of rotatable bonds is 2. The second-order valence-electron chi connectivity index (χ2n) is 5.32. The highest BCUT2D eigenvalue weighted by molar-refractivity contribution is 6.20. The van der Waals surface area contributed by atoms with E-state index in [0.717, 1.165) is 22.3 Å². The number of benzene rings is 3. The molecule has 0 N–H and O–H groups in total. The van der Waals surface area contributed by atoms with E-state index in [0.29, 0.717) is 11.1 Å². The van der Waals surface area contributed by atoms with Gasteiger partial charge in [-0.25, -0.2) is 9.59 Å². The summed E-state index contributed by atoms with van der Waals surface area (Å²) in [5, 5.41) is 0. The van der Waals surface area contributed by atoms with Crippen molar-refractivity contribution in [1.82, 2.24) is 0 Å². The summed E-state index contributed by atoms with van der Waals surface area (Å²) in [6.07, 6.45) is 0. The van der Waals surface area contributed by atoms with Gasteiger partial charge < -0.3 is 4.74 Å². The Bertz CT molecular complexity index is 836. The third-order valence-electron chi connectivity index (χ3n) is 3.97. The van der Waals surface area contributed by atoms with Crippen molar-refractivity contribution in [2.24, 2.45) is 0 Å². The predicted molar refractivity (Wildman–Crippen MR) is 87.1 cm³/mol. The first-order valence-corrected chi connectivity index (χ1v) is 7.30. The molecule has 3 nitrogen and oxygen atoms in total. The van der Waals surface area contributed by atoms with Crippen LogP contribution in [0.15, 0.2) is 72.8 Å². The van der Waals surface area contributed by atoms with Crippen molar-refractivity contribution in [3.63, 3.8) is 0 Å². The van der Waals surface area contributed by atoms with E-state index in [1.165, 1.54) is 0 Å². The number of cyclic esters (lactones) is 2. The maximum atomic E-state index is 12.2. The molecule has 0 saturated carbocycles. The van der Waals surface area contributed by atoms with Gasteiger partial charge in [-0.3, -0.25) is 0 Å². The van der Waals surface area contributed by atoms with Crippen molar-refractivity contribution in [2.45, 2.75) is 0 Å². The van der Waals surface area contributed by atoms with Gasteiger partial charge in [-0.1, -0.05) is 72.8 Å². The summed E-state index contributed by atoms with van der Waals surface area (Å²) in [4.78, 5) is 24.4. The summed E-state index contributed by atoms with van der Waals surface area (Å²) in [6, 6.07) is 22.8. The topological polar surface area (TPSA) is 43.4 Å². The standard InChI is InChI=1S/C20H12O3/c21-19-17-15(13-7-3-1-4-8-13)11-12-16(18(17)20(22)23-19)14-9-5-2-6-10-14/h1-12H. The van der Waals surface area contributed by atoms with Crippen LogP contribution in [0.1, 0.15) is 20.7 Å². The molecule has 3 aromatic carbocycles. The monoisotopic (exact) mass is 300 g/mol. The molecule has 4 rings (SSSR count). The Kier molecular flexibility index (Phi) is 3.05. The molecule has 0 spiro atoms. The first-order valence-electron chi connectivity index (χ1n) is 7.30. The summed E-state index contributed by atoms with van der Waals surface area (Å²) in [6.45, 7) is 0. The Morgan fingerprint density at radius 3 is 1.30 bits per heavy atom. The van der Waals surface area contributed by atoms with Crippen LogP contribution < -0.4 is 0 Å². The molecule has 0 unspecified atom stereocenters. The van der Waals surface area contributed by atoms with Gasteiger partial charge in [-0.2, -0.15) is 0 Å². The largest absolute Gasteiger partial charge is 0.386 e. The van der Waals surface area contributed by atoms with E-state index in [2.05, 4.69) is 0 Å². The Morgan fingerprint density at radius 1 is 0.522 bits per heavy atom. The molecule has 110 valence electrons. The van der Waals surface area contributed by atoms with Crippen LogP contribution in [-0.4, -0.2) is 11.9 Å². The average Bonchev–Trinajstić information content (AvgIpc) is 2.91. The zero-order chi connectivity index (χ0) is 15.8. The van der Waals surface area contributed by atoms with Crippen LogP contribution in [0.5, 0.6) is 0 Å². The molecule has 0 amide bonds. The molecule has 0 radical (unpaired) electrons. The Labute approximate surface area is 133 Å². The fourth-order valence-corrected chi connectivity index (χ4v) is 2.93. The van der Waals surface area contributed by atoms with Crippen LogP contribution in [0.25, 0.3) is 22.3 Å². The number of hydrogen-bond acceptors (Lipinski definition) is 3. The lowest BCUT2D eigenvalue weighted by molar-refractivity contribution is 0.0444. The van der Waals surface area contributed by atoms with Gasteiger partial charge >= 0.3 is 11.9 Å². The molecular formula is C20H12O3. The van der Waals surface area contributed by atoms with E-state index in [4.69, 9.17) is 4.74 Å². The number of esters is 2. The van der Waals surface area contributed by atoms with Crippen molar-refractivity contribution in [2.75, 3.05) is 0 Å². The van der Waals surface area contributed by atoms with Crippen molar-refractivity contribution in [3.05, 3.63) is 83.9 Å². The maximum Gasteiger partial charge on any atom is 0.347 e. The van der Waals surface area contributed by atoms with Crippen molar-refractivity contribution < 1.29 is 14.3 Å². The molecule has 23 heavy (non-hydrogen) atoms. The van der Waals surface area contributed by atoms with E-state index >= 15 is 0 Å². The zero-order valence-corrected chi connectivity index (χ0v) is 12.2. The molecule has 0 fully saturated rings. The number of carbonyl (C=O) groups excluding carboxylic acids is 2. The normalized spacial score (nSPS) is 12.9. The summed E-state index contributed by atoms with van der Waals surface area (Å²) >= 11 is 0. The SMILES string of the molecule is O=C1OC(=O)c2c(-c3ccccc3)ccc(-c3ccccc3)c21. The fourth-order valence-electron chi connectivity index (χ4n) is 2.93. The fraction of sp³-hybridized carbons (Fsp3) is 0. The molecule has 1 heterocycles. The summed E-state index contributed by atoms with van der Waals surface area (Å²) in [7, 11) is 0. The van der Waals surface area contributed by atoms with Crippen molar-refractivity contribution in [1.29, 1.82) is 0 Å². The van der Waals surface area contributed by atoms with Gasteiger partial charge in [-0.05, 0) is 22.3 Å². The molecule has 1 aliphatic rings. The number of fused-ring (bicyclic) bond motifs is 1. The third kappa shape index (κ3) is 2.14. The van der Waals surface area contributed by atoms with E-state index in [-0.39, 0.29) is 0 Å². The Balaban J connectivity index is 2.01. The highest BCUT2D eigenvalue weighted by atomic mass is 16.6. The molecule has 0 atom stereocenters. The van der Waals surface area contributed by atoms with Crippen LogP contribution >= 0.6 is 0 Å². The molecule has 3 aromatic rings. The lowest BCUT2D eigenvalue weighted by atomic mass is 9.90. The highest BCUT2D eigenvalue weighted by Crippen LogP contribution is 2.37. The first-order chi connectivity index (χ1) is 11.3. The zero-order valence-electron chi connectivity index (χ0n) is 12.2. The third-order valence-corrected chi connectivity index (χ3v) is 3.97. The van der Waals surface area contributed by atoms with E-state index in [9.17, 15) is 9.59 Å². The van der Waals surface area contributed by atoms with Crippen LogP contribution in [0.3, 0.4) is 0 Å². The van der Waals surface area contributed by atoms with Crippen molar-refractivity contribution >= 4 is 11.9 Å². The lowest BCUT2D eigenvalue weighted by Gasteiger charge is -2.10. The minimum atomic E-state index is -0.582. The maximum absolute atomic E-state index is 12.2. The Hall–Kier alpha value is -3.20. The predicted octanol–water partition coefficient (Wildman–Crippen LogP) is 4.33. The minimum Gasteiger partial charge on any atom is -0.386 e. The average molecular weight is 300 g/mol. The second kappa shape index (κ2) is 5.21. The van der Waals surface area contributed by atoms with Gasteiger partial charge in [0.15, 0.2) is 0 Å². The van der Waals surface area contributed by atoms with E-state index in [1.807, 2.05) is 72.8 Å². The van der Waals surface area contributed by atoms with E-state index in [1.54, 1.807) is 0 Å². The first kappa shape index (κ1) is 13.5. The van der Waals surface area contributed by atoms with Crippen LogP contribution in [-0.2, 0) is 4.74 Å². The summed E-state index contributed by atoms with van der Waals surface area (Å²) < 4.78 is 4.88. The molecular weight excluding hydrogens is 288 g/mol. The molecule has 1 aliphatic heterocycles. The molecule has 0 saturated heterocycles. The van der Waals surface area contributed by atoms with Gasteiger partial charge in [-0.15, -0.1) is 0 Å². The quantitative estimate of drug-likeness (QED) is 0.522. The van der Waals surface area contributed by atoms with Crippen LogP contribution in [0.4, 0.5) is 0 Å². The number of carbonyl (C=O) groups is 2. The molecule has 0 aliphatic carbocycles. The highest BCUT2D eigenvalue weighted by Gasteiger charge is 2.35. The van der Waals surface area contributed by atoms with Crippen LogP contribution in [0, 0.1) is 0 Å². The van der Waals surface area contributed by atoms with Gasteiger partial charge in [0.05, 0.1) is 11.1 Å². The lowest BCUT2D eigenvalue weighted by Crippen LogP contribution is -1.98. The summed E-state index contributed by atoms with van der Waals surface area (Å²) in [5.41, 5.74) is 3.90. The van der Waals surface area contributed by atoms with Gasteiger partial charge in [0.25, 0.3) is 0 Å². The van der Waals surface area contributed by atoms with Crippen LogP contribution in [0.2, 0.25) is 0 Å². The van der Waals surface area contributed by atoms with E-state index < -0.39 is 11.9 Å². The molecule has 0 bridgehead atoms. The van der Waals surface area contributed by atoms with Gasteiger partial charge in [0.2, 0.25) is 0 Å². The smallest absolute Gasteiger partial charge is 0.347 e.